The first-order chi connectivity index (χ1) is 7.24. The molecule has 2 rings (SSSR count). The van der Waals surface area contributed by atoms with E-state index in [-0.39, 0.29) is 6.10 Å². The molecular formula is C8H16ClN2O3P. The van der Waals surface area contributed by atoms with Crippen molar-refractivity contribution >= 4 is 19.3 Å². The van der Waals surface area contributed by atoms with Gasteiger partial charge in [0.05, 0.1) is 12.7 Å². The number of halogens is 1. The topological polar surface area (TPSA) is 50.8 Å². The van der Waals surface area contributed by atoms with E-state index in [1.807, 2.05) is 0 Å². The Hall–Kier alpha value is 0.360. The second-order valence-electron chi connectivity index (χ2n) is 3.68. The predicted octanol–water partition coefficient (Wildman–Crippen LogP) is 1.04. The first-order valence-electron chi connectivity index (χ1n) is 5.20. The zero-order valence-corrected chi connectivity index (χ0v) is 10.2. The lowest BCUT2D eigenvalue weighted by molar-refractivity contribution is 0.0630. The van der Waals surface area contributed by atoms with Crippen LogP contribution in [0.4, 0.5) is 0 Å². The van der Waals surface area contributed by atoms with E-state index in [1.165, 1.54) is 0 Å². The molecule has 0 unspecified atom stereocenters. The number of hydrogen-bond acceptors (Lipinski definition) is 4. The van der Waals surface area contributed by atoms with Gasteiger partial charge in [0.2, 0.25) is 0 Å². The Bertz CT molecular complexity index is 260. The molecule has 2 saturated heterocycles. The zero-order chi connectivity index (χ0) is 10.7. The third kappa shape index (κ3) is 2.73. The van der Waals surface area contributed by atoms with Crippen LogP contribution in [0.3, 0.4) is 0 Å². The van der Waals surface area contributed by atoms with Gasteiger partial charge in [-0.25, -0.2) is 9.24 Å². The van der Waals surface area contributed by atoms with Crippen molar-refractivity contribution in [2.45, 2.75) is 12.5 Å². The van der Waals surface area contributed by atoms with Crippen LogP contribution in [0, 0.1) is 0 Å². The zero-order valence-electron chi connectivity index (χ0n) is 8.52. The van der Waals surface area contributed by atoms with Crippen molar-refractivity contribution in [2.24, 2.45) is 0 Å². The summed E-state index contributed by atoms with van der Waals surface area (Å²) in [6.45, 7) is 3.52. The summed E-state index contributed by atoms with van der Waals surface area (Å²) in [6.07, 6.45) is 0.584. The molecule has 0 amide bonds. The monoisotopic (exact) mass is 254 g/mol. The molecule has 88 valence electrons. The van der Waals surface area contributed by atoms with E-state index in [0.29, 0.717) is 25.6 Å². The highest BCUT2D eigenvalue weighted by molar-refractivity contribution is 7.51. The van der Waals surface area contributed by atoms with E-state index in [1.54, 1.807) is 4.67 Å². The molecule has 0 spiro atoms. The molecular weight excluding hydrogens is 239 g/mol. The highest BCUT2D eigenvalue weighted by Crippen LogP contribution is 2.55. The van der Waals surface area contributed by atoms with E-state index in [2.05, 4.69) is 5.32 Å². The average Bonchev–Trinajstić information content (AvgIpc) is 2.30. The molecule has 1 N–H and O–H groups in total. The fraction of sp³-hybridized carbons (Fsp3) is 1.00. The number of alkyl halides is 1. The maximum Gasteiger partial charge on any atom is 0.408 e. The van der Waals surface area contributed by atoms with Crippen molar-refractivity contribution < 1.29 is 13.6 Å². The highest BCUT2D eigenvalue weighted by atomic mass is 35.5. The number of nitrogens with zero attached hydrogens (tertiary/aromatic N) is 1. The maximum absolute atomic E-state index is 12.4. The fourth-order valence-electron chi connectivity index (χ4n) is 1.72. The largest absolute Gasteiger partial charge is 0.408 e. The van der Waals surface area contributed by atoms with Crippen LogP contribution >= 0.6 is 19.3 Å². The Kier molecular flexibility index (Phi) is 4.04. The van der Waals surface area contributed by atoms with E-state index >= 15 is 0 Å². The molecule has 0 aromatic carbocycles. The van der Waals surface area contributed by atoms with Gasteiger partial charge in [0, 0.05) is 32.1 Å². The van der Waals surface area contributed by atoms with Crippen molar-refractivity contribution in [3.63, 3.8) is 0 Å². The number of nitrogens with one attached hydrogen (secondary N) is 1. The standard InChI is InChI=1S/C8H16ClN2O3P/c9-7-8-1-6-13-15(12,14-8)11-4-2-10-3-5-11/h8,10H,1-7H2/t8-,15+/m0/s1. The van der Waals surface area contributed by atoms with Gasteiger partial charge in [-0.05, 0) is 6.42 Å². The molecule has 2 aliphatic rings. The van der Waals surface area contributed by atoms with Crippen LogP contribution in [0.2, 0.25) is 0 Å². The lowest BCUT2D eigenvalue weighted by atomic mass is 10.3. The second kappa shape index (κ2) is 5.13. The van der Waals surface area contributed by atoms with Gasteiger partial charge in [-0.15, -0.1) is 11.6 Å². The van der Waals surface area contributed by atoms with Crippen molar-refractivity contribution in [3.8, 4) is 0 Å². The lowest BCUT2D eigenvalue weighted by Crippen LogP contribution is -2.43. The van der Waals surface area contributed by atoms with Gasteiger partial charge in [-0.1, -0.05) is 0 Å². The van der Waals surface area contributed by atoms with Crippen LogP contribution < -0.4 is 5.32 Å². The van der Waals surface area contributed by atoms with Gasteiger partial charge < -0.3 is 5.32 Å². The summed E-state index contributed by atoms with van der Waals surface area (Å²) in [4.78, 5) is 0. The van der Waals surface area contributed by atoms with Gasteiger partial charge in [0.1, 0.15) is 0 Å². The van der Waals surface area contributed by atoms with Crippen LogP contribution in [-0.2, 0) is 13.6 Å². The van der Waals surface area contributed by atoms with Gasteiger partial charge in [0.25, 0.3) is 0 Å². The summed E-state index contributed by atoms with van der Waals surface area (Å²) in [5.41, 5.74) is 0. The van der Waals surface area contributed by atoms with Crippen LogP contribution in [0.1, 0.15) is 6.42 Å². The predicted molar refractivity (Wildman–Crippen MR) is 58.2 cm³/mol. The Morgan fingerprint density at radius 1 is 1.47 bits per heavy atom. The molecule has 0 radical (unpaired) electrons. The molecule has 0 aliphatic carbocycles. The minimum atomic E-state index is -3.05. The molecule has 0 aromatic heterocycles. The Morgan fingerprint density at radius 2 is 2.20 bits per heavy atom. The van der Waals surface area contributed by atoms with Gasteiger partial charge in [-0.3, -0.25) is 9.05 Å². The molecule has 5 nitrogen and oxygen atoms in total. The van der Waals surface area contributed by atoms with Crippen molar-refractivity contribution in [1.29, 1.82) is 0 Å². The molecule has 2 fully saturated rings. The summed E-state index contributed by atoms with van der Waals surface area (Å²) in [5.74, 6) is 0.374. The molecule has 15 heavy (non-hydrogen) atoms. The molecule has 0 saturated carbocycles. The smallest absolute Gasteiger partial charge is 0.314 e. The SMILES string of the molecule is O=[P@]1(N2CCNCC2)OCC[C@@H](CCl)O1. The van der Waals surface area contributed by atoms with Crippen molar-refractivity contribution in [1.82, 2.24) is 9.99 Å². The molecule has 0 bridgehead atoms. The number of hydrogen-bond donors (Lipinski definition) is 1. The molecule has 2 atom stereocenters. The van der Waals surface area contributed by atoms with Crippen LogP contribution in [0.25, 0.3) is 0 Å². The van der Waals surface area contributed by atoms with Gasteiger partial charge >= 0.3 is 7.75 Å². The molecule has 2 heterocycles. The maximum atomic E-state index is 12.4. The minimum Gasteiger partial charge on any atom is -0.314 e. The van der Waals surface area contributed by atoms with Crippen LogP contribution in [-0.4, -0.2) is 49.4 Å². The molecule has 2 aliphatic heterocycles. The molecule has 0 aromatic rings. The minimum absolute atomic E-state index is 0.138. The van der Waals surface area contributed by atoms with Gasteiger partial charge in [-0.2, -0.15) is 0 Å². The Labute approximate surface area is 94.6 Å². The van der Waals surface area contributed by atoms with Gasteiger partial charge in [0.15, 0.2) is 0 Å². The van der Waals surface area contributed by atoms with E-state index in [9.17, 15) is 4.57 Å². The third-order valence-corrected chi connectivity index (χ3v) is 5.10. The normalized spacial score (nSPS) is 39.1. The summed E-state index contributed by atoms with van der Waals surface area (Å²) >= 11 is 5.71. The first kappa shape index (κ1) is 11.8. The van der Waals surface area contributed by atoms with Crippen molar-refractivity contribution in [2.75, 3.05) is 38.7 Å². The Balaban J connectivity index is 2.00. The summed E-state index contributed by atoms with van der Waals surface area (Å²) in [5, 5.41) is 3.20. The van der Waals surface area contributed by atoms with Crippen molar-refractivity contribution in [3.05, 3.63) is 0 Å². The summed E-state index contributed by atoms with van der Waals surface area (Å²) < 4.78 is 24.9. The summed E-state index contributed by atoms with van der Waals surface area (Å²) in [6, 6.07) is 0. The van der Waals surface area contributed by atoms with E-state index in [4.69, 9.17) is 20.6 Å². The summed E-state index contributed by atoms with van der Waals surface area (Å²) in [7, 11) is -3.05. The lowest BCUT2D eigenvalue weighted by Gasteiger charge is -2.37. The van der Waals surface area contributed by atoms with E-state index in [0.717, 1.165) is 19.5 Å². The Morgan fingerprint density at radius 3 is 2.87 bits per heavy atom. The van der Waals surface area contributed by atoms with Crippen LogP contribution in [0.15, 0.2) is 0 Å². The van der Waals surface area contributed by atoms with E-state index < -0.39 is 7.75 Å². The molecule has 7 heteroatoms. The average molecular weight is 255 g/mol. The quantitative estimate of drug-likeness (QED) is 0.590. The number of piperazine rings is 1. The first-order valence-corrected chi connectivity index (χ1v) is 7.23. The fourth-order valence-corrected chi connectivity index (χ4v) is 3.97. The second-order valence-corrected chi connectivity index (χ2v) is 5.96. The third-order valence-electron chi connectivity index (χ3n) is 2.59. The van der Waals surface area contributed by atoms with Crippen LogP contribution in [0.5, 0.6) is 0 Å². The highest BCUT2D eigenvalue weighted by Gasteiger charge is 2.39. The number of rotatable bonds is 2.